The molecule has 1 atom stereocenters. The summed E-state index contributed by atoms with van der Waals surface area (Å²) < 4.78 is 4.89. The average molecular weight is 286 g/mol. The number of rotatable bonds is 13. The van der Waals surface area contributed by atoms with Crippen LogP contribution in [0, 0.1) is 0 Å². The third-order valence-electron chi connectivity index (χ3n) is 3.80. The Morgan fingerprint density at radius 1 is 1.10 bits per heavy atom. The quantitative estimate of drug-likeness (QED) is 0.417. The highest BCUT2D eigenvalue weighted by atomic mass is 16.5. The van der Waals surface area contributed by atoms with Gasteiger partial charge in [0.15, 0.2) is 0 Å². The maximum atomic E-state index is 11.7. The average Bonchev–Trinajstić information content (AvgIpc) is 2.48. The van der Waals surface area contributed by atoms with Gasteiger partial charge < -0.3 is 15.0 Å². The van der Waals surface area contributed by atoms with E-state index in [1.807, 2.05) is 0 Å². The molecule has 120 valence electrons. The molecule has 0 aliphatic heterocycles. The molecule has 0 aliphatic rings. The summed E-state index contributed by atoms with van der Waals surface area (Å²) in [6.07, 6.45) is 7.00. The number of methoxy groups -OCH3 is 1. The number of nitrogens with zero attached hydrogens (tertiary/aromatic N) is 1. The van der Waals surface area contributed by atoms with E-state index in [9.17, 15) is 4.79 Å². The van der Waals surface area contributed by atoms with Gasteiger partial charge in [-0.2, -0.15) is 0 Å². The third kappa shape index (κ3) is 9.32. The lowest BCUT2D eigenvalue weighted by Crippen LogP contribution is -2.42. The maximum Gasteiger partial charge on any atom is 0.322 e. The van der Waals surface area contributed by atoms with Crippen LogP contribution in [0.3, 0.4) is 0 Å². The smallest absolute Gasteiger partial charge is 0.322 e. The molecule has 4 heteroatoms. The van der Waals surface area contributed by atoms with Crippen molar-refractivity contribution in [3.05, 3.63) is 0 Å². The second kappa shape index (κ2) is 13.4. The van der Waals surface area contributed by atoms with Crippen molar-refractivity contribution in [1.82, 2.24) is 10.2 Å². The number of carbonyl (C=O) groups excluding carboxylic acids is 1. The van der Waals surface area contributed by atoms with Gasteiger partial charge in [-0.25, -0.2) is 0 Å². The number of esters is 1. The molecule has 1 N–H and O–H groups in total. The van der Waals surface area contributed by atoms with Gasteiger partial charge >= 0.3 is 5.97 Å². The fraction of sp³-hybridized carbons (Fsp3) is 0.938. The Bertz CT molecular complexity index is 231. The summed E-state index contributed by atoms with van der Waals surface area (Å²) in [6.45, 7) is 10.5. The minimum Gasteiger partial charge on any atom is -0.468 e. The Balaban J connectivity index is 3.93. The lowest BCUT2D eigenvalue weighted by Gasteiger charge is -2.21. The zero-order valence-electron chi connectivity index (χ0n) is 13.9. The van der Waals surface area contributed by atoms with Crippen LogP contribution in [0.25, 0.3) is 0 Å². The predicted octanol–water partition coefficient (Wildman–Crippen LogP) is 2.82. The van der Waals surface area contributed by atoms with Gasteiger partial charge in [-0.05, 0) is 19.5 Å². The Hall–Kier alpha value is -0.610. The first-order valence-electron chi connectivity index (χ1n) is 8.23. The Morgan fingerprint density at radius 3 is 2.30 bits per heavy atom. The molecule has 0 amide bonds. The minimum atomic E-state index is -0.141. The van der Waals surface area contributed by atoms with Crippen molar-refractivity contribution in [1.29, 1.82) is 0 Å². The van der Waals surface area contributed by atoms with Crippen molar-refractivity contribution >= 4 is 5.97 Å². The Kier molecular flexibility index (Phi) is 13.0. The van der Waals surface area contributed by atoms with E-state index in [0.717, 1.165) is 39.0 Å². The van der Waals surface area contributed by atoms with Crippen LogP contribution in [-0.2, 0) is 9.53 Å². The first-order valence-corrected chi connectivity index (χ1v) is 8.23. The van der Waals surface area contributed by atoms with Gasteiger partial charge in [-0.15, -0.1) is 0 Å². The standard InChI is InChI=1S/C16H34N2O2/c1-5-8-9-10-11-12-15(16(19)20-4)17-13-14-18(6-2)7-3/h15,17H,5-14H2,1-4H3. The number of hydrogen-bond acceptors (Lipinski definition) is 4. The molecule has 0 spiro atoms. The molecule has 0 heterocycles. The van der Waals surface area contributed by atoms with Crippen LogP contribution in [-0.4, -0.2) is 50.2 Å². The maximum absolute atomic E-state index is 11.7. The van der Waals surface area contributed by atoms with Crippen LogP contribution in [0.5, 0.6) is 0 Å². The molecule has 0 fully saturated rings. The number of nitrogens with one attached hydrogen (secondary N) is 1. The van der Waals surface area contributed by atoms with Crippen molar-refractivity contribution < 1.29 is 9.53 Å². The van der Waals surface area contributed by atoms with E-state index in [1.165, 1.54) is 32.8 Å². The summed E-state index contributed by atoms with van der Waals surface area (Å²) in [5.74, 6) is -0.125. The minimum absolute atomic E-state index is 0.125. The Labute approximate surface area is 125 Å². The lowest BCUT2D eigenvalue weighted by molar-refractivity contribution is -0.143. The van der Waals surface area contributed by atoms with Crippen molar-refractivity contribution in [2.75, 3.05) is 33.3 Å². The molecule has 0 aliphatic carbocycles. The number of ether oxygens (including phenoxy) is 1. The van der Waals surface area contributed by atoms with Crippen molar-refractivity contribution in [3.63, 3.8) is 0 Å². The first kappa shape index (κ1) is 19.4. The van der Waals surface area contributed by atoms with Crippen LogP contribution < -0.4 is 5.32 Å². The third-order valence-corrected chi connectivity index (χ3v) is 3.80. The molecule has 0 bridgehead atoms. The highest BCUT2D eigenvalue weighted by molar-refractivity contribution is 5.75. The van der Waals surface area contributed by atoms with Crippen LogP contribution in [0.4, 0.5) is 0 Å². The molecular weight excluding hydrogens is 252 g/mol. The van der Waals surface area contributed by atoms with Crippen molar-refractivity contribution in [2.24, 2.45) is 0 Å². The molecule has 20 heavy (non-hydrogen) atoms. The highest BCUT2D eigenvalue weighted by Gasteiger charge is 2.17. The van der Waals surface area contributed by atoms with Gasteiger partial charge in [0.1, 0.15) is 6.04 Å². The highest BCUT2D eigenvalue weighted by Crippen LogP contribution is 2.08. The monoisotopic (exact) mass is 286 g/mol. The summed E-state index contributed by atoms with van der Waals surface area (Å²) >= 11 is 0. The number of hydrogen-bond donors (Lipinski definition) is 1. The van der Waals surface area contributed by atoms with Gasteiger partial charge in [0.25, 0.3) is 0 Å². The normalized spacial score (nSPS) is 12.7. The van der Waals surface area contributed by atoms with Crippen LogP contribution in [0.1, 0.15) is 59.3 Å². The van der Waals surface area contributed by atoms with Crippen molar-refractivity contribution in [2.45, 2.75) is 65.3 Å². The zero-order chi connectivity index (χ0) is 15.2. The predicted molar refractivity (Wildman–Crippen MR) is 85.0 cm³/mol. The second-order valence-corrected chi connectivity index (χ2v) is 5.26. The summed E-state index contributed by atoms with van der Waals surface area (Å²) in [5.41, 5.74) is 0. The largest absolute Gasteiger partial charge is 0.468 e. The Morgan fingerprint density at radius 2 is 1.75 bits per heavy atom. The number of unbranched alkanes of at least 4 members (excludes halogenated alkanes) is 4. The summed E-state index contributed by atoms with van der Waals surface area (Å²) in [5, 5.41) is 3.34. The van der Waals surface area contributed by atoms with Crippen LogP contribution in [0.15, 0.2) is 0 Å². The molecule has 0 saturated heterocycles. The molecule has 4 nitrogen and oxygen atoms in total. The second-order valence-electron chi connectivity index (χ2n) is 5.26. The van der Waals surface area contributed by atoms with Gasteiger partial charge in [-0.1, -0.05) is 52.9 Å². The first-order chi connectivity index (χ1) is 9.69. The van der Waals surface area contributed by atoms with E-state index in [0.29, 0.717) is 0 Å². The summed E-state index contributed by atoms with van der Waals surface area (Å²) in [6, 6.07) is -0.141. The zero-order valence-corrected chi connectivity index (χ0v) is 13.9. The summed E-state index contributed by atoms with van der Waals surface area (Å²) in [4.78, 5) is 14.1. The molecule has 0 aromatic heterocycles. The van der Waals surface area contributed by atoms with E-state index in [2.05, 4.69) is 31.0 Å². The van der Waals surface area contributed by atoms with E-state index in [-0.39, 0.29) is 12.0 Å². The van der Waals surface area contributed by atoms with E-state index >= 15 is 0 Å². The van der Waals surface area contributed by atoms with Gasteiger partial charge in [-0.3, -0.25) is 4.79 Å². The lowest BCUT2D eigenvalue weighted by atomic mass is 10.1. The number of carbonyl (C=O) groups is 1. The fourth-order valence-corrected chi connectivity index (χ4v) is 2.33. The SMILES string of the molecule is CCCCCCCC(NCCN(CC)CC)C(=O)OC. The molecule has 0 rings (SSSR count). The van der Waals surface area contributed by atoms with E-state index in [1.54, 1.807) is 0 Å². The van der Waals surface area contributed by atoms with E-state index in [4.69, 9.17) is 4.74 Å². The van der Waals surface area contributed by atoms with Crippen LogP contribution in [0.2, 0.25) is 0 Å². The van der Waals surface area contributed by atoms with Gasteiger partial charge in [0.05, 0.1) is 7.11 Å². The molecule has 0 saturated carbocycles. The van der Waals surface area contributed by atoms with E-state index < -0.39 is 0 Å². The molecule has 0 radical (unpaired) electrons. The van der Waals surface area contributed by atoms with Gasteiger partial charge in [0, 0.05) is 13.1 Å². The van der Waals surface area contributed by atoms with Gasteiger partial charge in [0.2, 0.25) is 0 Å². The van der Waals surface area contributed by atoms with Crippen molar-refractivity contribution in [3.8, 4) is 0 Å². The van der Waals surface area contributed by atoms with Crippen LogP contribution >= 0.6 is 0 Å². The topological polar surface area (TPSA) is 41.6 Å². The number of likely N-dealkylation sites (N-methyl/N-ethyl adjacent to an activating group) is 1. The summed E-state index contributed by atoms with van der Waals surface area (Å²) in [7, 11) is 1.47. The molecule has 0 aromatic rings. The molecular formula is C16H34N2O2. The molecule has 1 unspecified atom stereocenters. The molecule has 0 aromatic carbocycles. The fourth-order valence-electron chi connectivity index (χ4n) is 2.33.